The van der Waals surface area contributed by atoms with Crippen LogP contribution in [0.4, 0.5) is 5.69 Å². The molecule has 1 aromatic carbocycles. The van der Waals surface area contributed by atoms with Crippen molar-refractivity contribution in [3.8, 4) is 0 Å². The van der Waals surface area contributed by atoms with E-state index in [2.05, 4.69) is 0 Å². The van der Waals surface area contributed by atoms with Crippen molar-refractivity contribution >= 4 is 11.7 Å². The number of carboxylic acid groups (broad SMARTS) is 1. The number of aliphatic hydroxyl groups excluding tert-OH is 2. The van der Waals surface area contributed by atoms with Crippen molar-refractivity contribution in [2.45, 2.75) is 18.6 Å². The number of nitrogen functional groups attached to an aromatic ring is 1. The lowest BCUT2D eigenvalue weighted by atomic mass is 9.99. The topological polar surface area (TPSA) is 130 Å². The molecule has 6 heteroatoms. The zero-order chi connectivity index (χ0) is 13.0. The van der Waals surface area contributed by atoms with Gasteiger partial charge in [-0.15, -0.1) is 0 Å². The molecule has 0 bridgehead atoms. The Bertz CT molecular complexity index is 408. The van der Waals surface area contributed by atoms with Crippen molar-refractivity contribution in [3.05, 3.63) is 29.3 Å². The number of carboxylic acids is 1. The molecule has 0 heterocycles. The number of rotatable bonds is 5. The number of aliphatic hydroxyl groups is 2. The van der Waals surface area contributed by atoms with Crippen LogP contribution >= 0.6 is 0 Å². The summed E-state index contributed by atoms with van der Waals surface area (Å²) in [6, 6.07) is 4.12. The lowest BCUT2D eigenvalue weighted by Gasteiger charge is -2.18. The second-order valence-corrected chi connectivity index (χ2v) is 3.74. The van der Waals surface area contributed by atoms with E-state index in [1.807, 2.05) is 0 Å². The van der Waals surface area contributed by atoms with Crippen LogP contribution in [0.1, 0.15) is 28.4 Å². The van der Waals surface area contributed by atoms with Crippen LogP contribution in [-0.2, 0) is 0 Å². The van der Waals surface area contributed by atoms with E-state index in [0.29, 0.717) is 5.56 Å². The van der Waals surface area contributed by atoms with Gasteiger partial charge in [-0.3, -0.25) is 0 Å². The summed E-state index contributed by atoms with van der Waals surface area (Å²) in [5.41, 5.74) is 11.1. The largest absolute Gasteiger partial charge is 0.478 e. The van der Waals surface area contributed by atoms with Crippen LogP contribution in [0, 0.1) is 0 Å². The van der Waals surface area contributed by atoms with E-state index in [4.69, 9.17) is 16.6 Å². The Hall–Kier alpha value is -1.63. The van der Waals surface area contributed by atoms with Crippen LogP contribution in [0.3, 0.4) is 0 Å². The molecule has 0 fully saturated rings. The Morgan fingerprint density at radius 2 is 2.00 bits per heavy atom. The van der Waals surface area contributed by atoms with Crippen molar-refractivity contribution in [2.24, 2.45) is 5.73 Å². The Morgan fingerprint density at radius 1 is 1.35 bits per heavy atom. The summed E-state index contributed by atoms with van der Waals surface area (Å²) in [7, 11) is 0. The van der Waals surface area contributed by atoms with Crippen molar-refractivity contribution < 1.29 is 20.1 Å². The quantitative estimate of drug-likeness (QED) is 0.450. The second-order valence-electron chi connectivity index (χ2n) is 3.74. The van der Waals surface area contributed by atoms with Gasteiger partial charge < -0.3 is 26.8 Å². The third kappa shape index (κ3) is 3.16. The third-order valence-electron chi connectivity index (χ3n) is 2.48. The minimum Gasteiger partial charge on any atom is -0.478 e. The predicted molar refractivity (Wildman–Crippen MR) is 62.5 cm³/mol. The average molecular weight is 240 g/mol. The smallest absolute Gasteiger partial charge is 0.337 e. The highest BCUT2D eigenvalue weighted by Gasteiger charge is 2.19. The van der Waals surface area contributed by atoms with E-state index in [9.17, 15) is 15.0 Å². The third-order valence-corrected chi connectivity index (χ3v) is 2.48. The maximum absolute atomic E-state index is 10.8. The fourth-order valence-corrected chi connectivity index (χ4v) is 1.49. The average Bonchev–Trinajstić information content (AvgIpc) is 2.28. The van der Waals surface area contributed by atoms with Crippen molar-refractivity contribution in [1.82, 2.24) is 0 Å². The molecule has 7 N–H and O–H groups in total. The Kier molecular flexibility index (Phi) is 4.45. The normalized spacial score (nSPS) is 14.3. The van der Waals surface area contributed by atoms with Gasteiger partial charge in [0, 0.05) is 5.69 Å². The fourth-order valence-electron chi connectivity index (χ4n) is 1.49. The summed E-state index contributed by atoms with van der Waals surface area (Å²) >= 11 is 0. The van der Waals surface area contributed by atoms with Crippen LogP contribution in [0.15, 0.2) is 18.2 Å². The molecule has 0 saturated heterocycles. The Balaban J connectivity index is 2.99. The predicted octanol–water partition coefficient (Wildman–Crippen LogP) is -0.290. The van der Waals surface area contributed by atoms with Gasteiger partial charge in [-0.25, -0.2) is 4.79 Å². The molecule has 17 heavy (non-hydrogen) atoms. The monoisotopic (exact) mass is 240 g/mol. The molecular weight excluding hydrogens is 224 g/mol. The lowest BCUT2D eigenvalue weighted by Crippen LogP contribution is -2.22. The minimum atomic E-state index is -1.18. The summed E-state index contributed by atoms with van der Waals surface area (Å²) in [6.45, 7) is 0.235. The number of aromatic carboxylic acids is 1. The molecule has 0 aliphatic carbocycles. The summed E-state index contributed by atoms with van der Waals surface area (Å²) in [6.07, 6.45) is -1.96. The van der Waals surface area contributed by atoms with Gasteiger partial charge in [0.2, 0.25) is 0 Å². The van der Waals surface area contributed by atoms with Gasteiger partial charge in [0.15, 0.2) is 0 Å². The number of hydrogen-bond acceptors (Lipinski definition) is 5. The molecule has 0 aliphatic rings. The second kappa shape index (κ2) is 5.62. The first-order valence-corrected chi connectivity index (χ1v) is 5.16. The molecule has 0 radical (unpaired) electrons. The zero-order valence-corrected chi connectivity index (χ0v) is 9.21. The highest BCUT2D eigenvalue weighted by molar-refractivity contribution is 5.93. The molecule has 0 aromatic heterocycles. The van der Waals surface area contributed by atoms with Gasteiger partial charge in [-0.2, -0.15) is 0 Å². The first-order chi connectivity index (χ1) is 7.97. The van der Waals surface area contributed by atoms with Crippen molar-refractivity contribution in [2.75, 3.05) is 12.3 Å². The highest BCUT2D eigenvalue weighted by Crippen LogP contribution is 2.23. The molecule has 0 saturated carbocycles. The first kappa shape index (κ1) is 13.4. The summed E-state index contributed by atoms with van der Waals surface area (Å²) in [4.78, 5) is 10.8. The SMILES string of the molecule is NCCC(O)C(O)c1ccc(N)c(C(=O)O)c1. The molecular formula is C11H16N2O4. The summed E-state index contributed by atoms with van der Waals surface area (Å²) in [5, 5.41) is 28.2. The van der Waals surface area contributed by atoms with Crippen LogP contribution in [0.5, 0.6) is 0 Å². The maximum atomic E-state index is 10.8. The van der Waals surface area contributed by atoms with Crippen LogP contribution < -0.4 is 11.5 Å². The van der Waals surface area contributed by atoms with E-state index in [1.54, 1.807) is 0 Å². The number of anilines is 1. The van der Waals surface area contributed by atoms with E-state index in [-0.39, 0.29) is 24.2 Å². The van der Waals surface area contributed by atoms with Gasteiger partial charge in [0.1, 0.15) is 6.10 Å². The highest BCUT2D eigenvalue weighted by atomic mass is 16.4. The molecule has 0 spiro atoms. The molecule has 94 valence electrons. The van der Waals surface area contributed by atoms with Gasteiger partial charge in [-0.1, -0.05) is 6.07 Å². The molecule has 1 rings (SSSR count). The van der Waals surface area contributed by atoms with Crippen LogP contribution in [0.25, 0.3) is 0 Å². The van der Waals surface area contributed by atoms with Gasteiger partial charge in [0.25, 0.3) is 0 Å². The number of nitrogens with two attached hydrogens (primary N) is 2. The zero-order valence-electron chi connectivity index (χ0n) is 9.21. The standard InChI is InChI=1S/C11H16N2O4/c12-4-3-9(14)10(15)6-1-2-8(13)7(5-6)11(16)17/h1-2,5,9-10,14-15H,3-4,12-13H2,(H,16,17). The first-order valence-electron chi connectivity index (χ1n) is 5.16. The molecule has 6 nitrogen and oxygen atoms in total. The van der Waals surface area contributed by atoms with Crippen LogP contribution in [0.2, 0.25) is 0 Å². The molecule has 0 amide bonds. The van der Waals surface area contributed by atoms with E-state index >= 15 is 0 Å². The number of carbonyl (C=O) groups is 1. The Labute approximate surface area is 98.5 Å². The fraction of sp³-hybridized carbons (Fsp3) is 0.364. The Morgan fingerprint density at radius 3 is 2.53 bits per heavy atom. The molecule has 2 unspecified atom stereocenters. The maximum Gasteiger partial charge on any atom is 0.337 e. The van der Waals surface area contributed by atoms with E-state index < -0.39 is 18.2 Å². The number of hydrogen-bond donors (Lipinski definition) is 5. The van der Waals surface area contributed by atoms with Crippen molar-refractivity contribution in [3.63, 3.8) is 0 Å². The van der Waals surface area contributed by atoms with Crippen molar-refractivity contribution in [1.29, 1.82) is 0 Å². The molecule has 2 atom stereocenters. The minimum absolute atomic E-state index is 0.0958. The van der Waals surface area contributed by atoms with Crippen LogP contribution in [-0.4, -0.2) is 33.9 Å². The van der Waals surface area contributed by atoms with Gasteiger partial charge >= 0.3 is 5.97 Å². The number of benzene rings is 1. The van der Waals surface area contributed by atoms with Gasteiger partial charge in [0.05, 0.1) is 11.7 Å². The van der Waals surface area contributed by atoms with Gasteiger partial charge in [-0.05, 0) is 30.7 Å². The summed E-state index contributed by atoms with van der Waals surface area (Å²) in [5.74, 6) is -1.18. The molecule has 1 aromatic rings. The molecule has 0 aliphatic heterocycles. The lowest BCUT2D eigenvalue weighted by molar-refractivity contribution is 0.0149. The van der Waals surface area contributed by atoms with E-state index in [1.165, 1.54) is 18.2 Å². The summed E-state index contributed by atoms with van der Waals surface area (Å²) < 4.78 is 0. The van der Waals surface area contributed by atoms with E-state index in [0.717, 1.165) is 0 Å².